The molecule has 0 bridgehead atoms. The third kappa shape index (κ3) is 5.28. The lowest BCUT2D eigenvalue weighted by atomic mass is 10.2. The van der Waals surface area contributed by atoms with Crippen molar-refractivity contribution >= 4 is 17.3 Å². The summed E-state index contributed by atoms with van der Waals surface area (Å²) < 4.78 is 33.2. The van der Waals surface area contributed by atoms with Crippen molar-refractivity contribution in [3.05, 3.63) is 35.1 Å². The summed E-state index contributed by atoms with van der Waals surface area (Å²) in [5.74, 6) is 0.326. The molecule has 21 heavy (non-hydrogen) atoms. The minimum absolute atomic E-state index is 0.288. The highest BCUT2D eigenvalue weighted by molar-refractivity contribution is 6.29. The molecule has 0 aromatic carbocycles. The van der Waals surface area contributed by atoms with Crippen LogP contribution < -0.4 is 4.74 Å². The van der Waals surface area contributed by atoms with Gasteiger partial charge in [0.1, 0.15) is 5.15 Å². The smallest absolute Gasteiger partial charge is 0.345 e. The van der Waals surface area contributed by atoms with Crippen LogP contribution in [0.4, 0.5) is 8.78 Å². The topological polar surface area (TPSA) is 47.0 Å². The molecule has 0 aliphatic carbocycles. The van der Waals surface area contributed by atoms with Crippen molar-refractivity contribution in [2.75, 3.05) is 20.8 Å². The number of rotatable bonds is 7. The second kappa shape index (κ2) is 7.90. The molecule has 0 unspecified atom stereocenters. The molecule has 0 saturated heterocycles. The second-order valence-electron chi connectivity index (χ2n) is 4.04. The molecule has 0 radical (unpaired) electrons. The van der Waals surface area contributed by atoms with Crippen molar-refractivity contribution in [1.29, 1.82) is 0 Å². The van der Waals surface area contributed by atoms with Crippen LogP contribution in [0.2, 0.25) is 5.15 Å². The van der Waals surface area contributed by atoms with E-state index in [1.54, 1.807) is 26.1 Å². The first-order chi connectivity index (χ1) is 9.85. The number of methoxy groups -OCH3 is 1. The van der Waals surface area contributed by atoms with Gasteiger partial charge < -0.3 is 9.47 Å². The summed E-state index contributed by atoms with van der Waals surface area (Å²) in [6, 6.07) is 3.31. The summed E-state index contributed by atoms with van der Waals surface area (Å²) in [7, 11) is 3.05. The quantitative estimate of drug-likeness (QED) is 0.440. The zero-order chi connectivity index (χ0) is 16.0. The molecule has 1 aromatic rings. The molecule has 8 heteroatoms. The lowest BCUT2D eigenvalue weighted by molar-refractivity contribution is -0.124. The predicted octanol–water partition coefficient (Wildman–Crippen LogP) is 3.15. The largest absolute Gasteiger partial charge is 0.480 e. The molecule has 1 aromatic heterocycles. The molecule has 1 heterocycles. The maximum absolute atomic E-state index is 12.0. The molecule has 0 saturated carbocycles. The monoisotopic (exact) mass is 319 g/mol. The Bertz CT molecular complexity index is 538. The van der Waals surface area contributed by atoms with Crippen LogP contribution in [-0.2, 0) is 4.74 Å². The van der Waals surface area contributed by atoms with Crippen LogP contribution in [0.1, 0.15) is 12.5 Å². The molecule has 0 aliphatic heterocycles. The van der Waals surface area contributed by atoms with E-state index < -0.39 is 6.61 Å². The number of hydrazone groups is 1. The summed E-state index contributed by atoms with van der Waals surface area (Å²) in [5.41, 5.74) is 1.49. The molecule has 0 aliphatic rings. The number of halogens is 3. The first-order valence-electron chi connectivity index (χ1n) is 5.92. The van der Waals surface area contributed by atoms with Crippen molar-refractivity contribution in [3.63, 3.8) is 0 Å². The predicted molar refractivity (Wildman–Crippen MR) is 76.9 cm³/mol. The van der Waals surface area contributed by atoms with Gasteiger partial charge in [0, 0.05) is 7.05 Å². The zero-order valence-corrected chi connectivity index (χ0v) is 12.7. The van der Waals surface area contributed by atoms with Crippen LogP contribution in [0.25, 0.3) is 0 Å². The van der Waals surface area contributed by atoms with Crippen LogP contribution in [0, 0.1) is 0 Å². The second-order valence-corrected chi connectivity index (χ2v) is 4.42. The number of hydrogen-bond donors (Lipinski definition) is 0. The average Bonchev–Trinajstić information content (AvgIpc) is 2.43. The highest BCUT2D eigenvalue weighted by Gasteiger charge is 2.11. The average molecular weight is 320 g/mol. The van der Waals surface area contributed by atoms with Gasteiger partial charge in [-0.05, 0) is 19.1 Å². The molecular weight excluding hydrogens is 304 g/mol. The Hall–Kier alpha value is -1.73. The lowest BCUT2D eigenvalue weighted by Crippen LogP contribution is -2.18. The Kier molecular flexibility index (Phi) is 6.51. The van der Waals surface area contributed by atoms with Gasteiger partial charge >= 0.3 is 6.61 Å². The molecule has 5 nitrogen and oxygen atoms in total. The van der Waals surface area contributed by atoms with E-state index in [1.807, 2.05) is 0 Å². The van der Waals surface area contributed by atoms with Gasteiger partial charge in [0.15, 0.2) is 0 Å². The Balaban J connectivity index is 2.86. The number of ether oxygens (including phenoxy) is 2. The molecule has 0 amide bonds. The van der Waals surface area contributed by atoms with E-state index in [0.29, 0.717) is 22.3 Å². The van der Waals surface area contributed by atoms with Crippen molar-refractivity contribution in [2.45, 2.75) is 13.5 Å². The minimum Gasteiger partial charge on any atom is -0.480 e. The van der Waals surface area contributed by atoms with Crippen LogP contribution >= 0.6 is 11.6 Å². The molecule has 0 N–H and O–H groups in total. The maximum Gasteiger partial charge on any atom is 0.345 e. The van der Waals surface area contributed by atoms with Gasteiger partial charge in [0.25, 0.3) is 0 Å². The molecule has 0 fully saturated rings. The van der Waals surface area contributed by atoms with E-state index in [0.717, 1.165) is 0 Å². The van der Waals surface area contributed by atoms with E-state index >= 15 is 0 Å². The van der Waals surface area contributed by atoms with E-state index in [2.05, 4.69) is 21.4 Å². The fourth-order valence-corrected chi connectivity index (χ4v) is 1.59. The Morgan fingerprint density at radius 2 is 2.19 bits per heavy atom. The van der Waals surface area contributed by atoms with E-state index in [1.165, 1.54) is 12.1 Å². The number of hydrogen-bond acceptors (Lipinski definition) is 5. The molecule has 116 valence electrons. The summed E-state index contributed by atoms with van der Waals surface area (Å²) in [6.07, 6.45) is 0. The van der Waals surface area contributed by atoms with Gasteiger partial charge in [0.2, 0.25) is 5.88 Å². The lowest BCUT2D eigenvalue weighted by Gasteiger charge is -2.17. The van der Waals surface area contributed by atoms with Crippen molar-refractivity contribution in [3.8, 4) is 5.88 Å². The number of likely N-dealkylation sites (N-methyl/N-ethyl adjacent to an activating group) is 1. The normalized spacial score (nSPS) is 11.7. The number of aromatic nitrogens is 1. The first-order valence-corrected chi connectivity index (χ1v) is 6.30. The summed E-state index contributed by atoms with van der Waals surface area (Å²) in [6.45, 7) is 2.18. The van der Waals surface area contributed by atoms with Gasteiger partial charge in [-0.15, -0.1) is 0 Å². The Morgan fingerprint density at radius 3 is 2.76 bits per heavy atom. The molecule has 1 rings (SSSR count). The Morgan fingerprint density at radius 1 is 1.52 bits per heavy atom. The fourth-order valence-electron chi connectivity index (χ4n) is 1.45. The minimum atomic E-state index is -2.85. The van der Waals surface area contributed by atoms with Crippen molar-refractivity contribution in [1.82, 2.24) is 9.99 Å². The van der Waals surface area contributed by atoms with Gasteiger partial charge in [-0.2, -0.15) is 13.9 Å². The summed E-state index contributed by atoms with van der Waals surface area (Å²) in [5, 5.41) is 5.88. The number of pyridine rings is 1. The van der Waals surface area contributed by atoms with Gasteiger partial charge in [-0.3, -0.25) is 5.01 Å². The fraction of sp³-hybridized carbons (Fsp3) is 0.385. The van der Waals surface area contributed by atoms with Crippen LogP contribution in [-0.4, -0.2) is 43.1 Å². The van der Waals surface area contributed by atoms with Gasteiger partial charge in [-0.25, -0.2) is 4.98 Å². The number of alkyl halides is 2. The Labute approximate surface area is 126 Å². The third-order valence-corrected chi connectivity index (χ3v) is 2.75. The third-order valence-electron chi connectivity index (χ3n) is 2.54. The van der Waals surface area contributed by atoms with Crippen molar-refractivity contribution in [2.24, 2.45) is 5.10 Å². The van der Waals surface area contributed by atoms with E-state index in [4.69, 9.17) is 16.3 Å². The van der Waals surface area contributed by atoms with E-state index in [9.17, 15) is 8.78 Å². The molecule has 0 spiro atoms. The molecular formula is C13H16ClF2N3O2. The van der Waals surface area contributed by atoms with Crippen LogP contribution in [0.15, 0.2) is 29.5 Å². The van der Waals surface area contributed by atoms with Crippen molar-refractivity contribution < 1.29 is 18.3 Å². The maximum atomic E-state index is 12.0. The standard InChI is InChI=1S/C13H16ClF2N3O2/c1-8(7-21-13(15)16)19(3)18-9(2)10-5-6-11(14)17-12(10)20-4/h5-6,13H,1,7H2,2-4H3/b18-9+. The van der Waals surface area contributed by atoms with E-state index in [-0.39, 0.29) is 12.3 Å². The highest BCUT2D eigenvalue weighted by atomic mass is 35.5. The highest BCUT2D eigenvalue weighted by Crippen LogP contribution is 2.20. The zero-order valence-electron chi connectivity index (χ0n) is 11.9. The summed E-state index contributed by atoms with van der Waals surface area (Å²) >= 11 is 5.78. The van der Waals surface area contributed by atoms with Gasteiger partial charge in [0.05, 0.1) is 30.7 Å². The first kappa shape index (κ1) is 17.3. The SMILES string of the molecule is C=C(COC(F)F)N(C)/N=C(\C)c1ccc(Cl)nc1OC. The summed E-state index contributed by atoms with van der Waals surface area (Å²) in [4.78, 5) is 4.02. The molecule has 0 atom stereocenters. The van der Waals surface area contributed by atoms with Crippen LogP contribution in [0.5, 0.6) is 5.88 Å². The number of nitrogens with zero attached hydrogens (tertiary/aromatic N) is 3. The van der Waals surface area contributed by atoms with Crippen LogP contribution in [0.3, 0.4) is 0 Å². The van der Waals surface area contributed by atoms with Gasteiger partial charge in [-0.1, -0.05) is 18.2 Å².